The maximum atomic E-state index is 12.6. The summed E-state index contributed by atoms with van der Waals surface area (Å²) in [7, 11) is 0. The molecule has 1 aliphatic heterocycles. The van der Waals surface area contributed by atoms with Crippen molar-refractivity contribution in [3.8, 4) is 0 Å². The summed E-state index contributed by atoms with van der Waals surface area (Å²) in [6.07, 6.45) is 1.87. The second kappa shape index (κ2) is 8.53. The van der Waals surface area contributed by atoms with Crippen LogP contribution < -0.4 is 11.0 Å². The summed E-state index contributed by atoms with van der Waals surface area (Å²) in [6.45, 7) is 4.30. The summed E-state index contributed by atoms with van der Waals surface area (Å²) >= 11 is 1.18. The van der Waals surface area contributed by atoms with Crippen LogP contribution in [0.15, 0.2) is 34.2 Å². The van der Waals surface area contributed by atoms with E-state index >= 15 is 0 Å². The molecule has 1 amide bonds. The Balaban J connectivity index is 1.69. The summed E-state index contributed by atoms with van der Waals surface area (Å²) in [5, 5.41) is 9.18. The van der Waals surface area contributed by atoms with Gasteiger partial charge in [0.15, 0.2) is 10.9 Å². The summed E-state index contributed by atoms with van der Waals surface area (Å²) in [6, 6.07) is 6.86. The Kier molecular flexibility index (Phi) is 6.12. The first-order valence-corrected chi connectivity index (χ1v) is 9.68. The summed E-state index contributed by atoms with van der Waals surface area (Å²) in [5.74, 6) is -0.392. The third-order valence-corrected chi connectivity index (χ3v) is 5.44. The van der Waals surface area contributed by atoms with Crippen molar-refractivity contribution in [3.63, 3.8) is 0 Å². The van der Waals surface area contributed by atoms with Crippen molar-refractivity contribution in [3.05, 3.63) is 40.3 Å². The number of amides is 1. The Morgan fingerprint density at radius 1 is 1.44 bits per heavy atom. The van der Waals surface area contributed by atoms with Gasteiger partial charge < -0.3 is 10.1 Å². The number of nitrogens with zero attached hydrogens (tertiary/aromatic N) is 2. The number of carbonyl (C=O) groups excluding carboxylic acids is 2. The Morgan fingerprint density at radius 3 is 2.93 bits per heavy atom. The third kappa shape index (κ3) is 4.67. The van der Waals surface area contributed by atoms with Crippen LogP contribution in [-0.2, 0) is 16.1 Å². The number of hydrogen-bond donors (Lipinski definition) is 2. The highest BCUT2D eigenvalue weighted by Crippen LogP contribution is 2.24. The molecule has 8 nitrogen and oxygen atoms in total. The van der Waals surface area contributed by atoms with Crippen LogP contribution in [0.5, 0.6) is 0 Å². The fourth-order valence-corrected chi connectivity index (χ4v) is 3.76. The zero-order chi connectivity index (χ0) is 19.4. The average molecular weight is 390 g/mol. The summed E-state index contributed by atoms with van der Waals surface area (Å²) in [5.41, 5.74) is 0.613. The number of H-pyrrole nitrogens is 1. The molecular formula is C18H22N4O4S. The molecule has 0 saturated carbocycles. The second-order valence-corrected chi connectivity index (χ2v) is 7.72. The van der Waals surface area contributed by atoms with Crippen LogP contribution in [0.4, 0.5) is 5.69 Å². The number of benzene rings is 1. The van der Waals surface area contributed by atoms with Crippen LogP contribution in [0.3, 0.4) is 0 Å². The quantitative estimate of drug-likeness (QED) is 0.554. The van der Waals surface area contributed by atoms with Crippen molar-refractivity contribution in [2.24, 2.45) is 0 Å². The van der Waals surface area contributed by atoms with E-state index in [0.717, 1.165) is 12.8 Å². The standard InChI is InChI=1S/C18H22N4O4S/c1-11(23)14-7-3-4-8-15(14)19-16(24)12(2)27-18-21-20-17(25)22(18)10-13-6-5-9-26-13/h3-4,7-8,12-13H,5-6,9-10H2,1-2H3,(H,19,24)(H,20,25)/t12-,13-/m1/s1. The molecular weight excluding hydrogens is 368 g/mol. The van der Waals surface area contributed by atoms with Gasteiger partial charge in [0.25, 0.3) is 0 Å². The minimum absolute atomic E-state index is 0.00812. The molecule has 0 radical (unpaired) electrons. The predicted molar refractivity (Wildman–Crippen MR) is 102 cm³/mol. The molecule has 0 aliphatic carbocycles. The van der Waals surface area contributed by atoms with Crippen molar-refractivity contribution in [2.45, 2.75) is 49.7 Å². The zero-order valence-electron chi connectivity index (χ0n) is 15.2. The van der Waals surface area contributed by atoms with Crippen LogP contribution >= 0.6 is 11.8 Å². The topological polar surface area (TPSA) is 106 Å². The van der Waals surface area contributed by atoms with Crippen LogP contribution in [-0.4, -0.2) is 44.4 Å². The van der Waals surface area contributed by atoms with E-state index in [2.05, 4.69) is 15.5 Å². The Hall–Kier alpha value is -2.39. The Morgan fingerprint density at radius 2 is 2.22 bits per heavy atom. The smallest absolute Gasteiger partial charge is 0.344 e. The lowest BCUT2D eigenvalue weighted by molar-refractivity contribution is -0.115. The van der Waals surface area contributed by atoms with Crippen LogP contribution in [0.2, 0.25) is 0 Å². The number of carbonyl (C=O) groups is 2. The van der Waals surface area contributed by atoms with Crippen molar-refractivity contribution in [2.75, 3.05) is 11.9 Å². The number of Topliss-reactive ketones (excluding diaryl/α,β-unsaturated/α-hetero) is 1. The van der Waals surface area contributed by atoms with Crippen LogP contribution in [0, 0.1) is 0 Å². The van der Waals surface area contributed by atoms with Crippen molar-refractivity contribution < 1.29 is 14.3 Å². The molecule has 2 atom stereocenters. The minimum Gasteiger partial charge on any atom is -0.376 e. The normalized spacial score (nSPS) is 17.6. The van der Waals surface area contributed by atoms with Gasteiger partial charge in [0.05, 0.1) is 23.6 Å². The molecule has 0 spiro atoms. The van der Waals surface area contributed by atoms with Crippen LogP contribution in [0.25, 0.3) is 0 Å². The number of aromatic nitrogens is 3. The second-order valence-electron chi connectivity index (χ2n) is 6.41. The van der Waals surface area contributed by atoms with Crippen molar-refractivity contribution >= 4 is 29.1 Å². The first-order valence-electron chi connectivity index (χ1n) is 8.80. The van der Waals surface area contributed by atoms with E-state index in [0.29, 0.717) is 29.6 Å². The number of ketones is 1. The van der Waals surface area contributed by atoms with Crippen molar-refractivity contribution in [1.29, 1.82) is 0 Å². The predicted octanol–water partition coefficient (Wildman–Crippen LogP) is 2.07. The fourth-order valence-electron chi connectivity index (χ4n) is 2.89. The molecule has 2 N–H and O–H groups in total. The minimum atomic E-state index is -0.511. The molecule has 144 valence electrons. The molecule has 1 aromatic carbocycles. The van der Waals surface area contributed by atoms with E-state index in [1.807, 2.05) is 0 Å². The van der Waals surface area contributed by atoms with E-state index in [-0.39, 0.29) is 23.5 Å². The number of nitrogens with one attached hydrogen (secondary N) is 2. The summed E-state index contributed by atoms with van der Waals surface area (Å²) in [4.78, 5) is 36.3. The SMILES string of the molecule is CC(=O)c1ccccc1NC(=O)[C@@H](C)Sc1n[nH]c(=O)n1C[C@H]1CCCO1. The van der Waals surface area contributed by atoms with E-state index in [9.17, 15) is 14.4 Å². The van der Waals surface area contributed by atoms with E-state index in [1.54, 1.807) is 31.2 Å². The highest BCUT2D eigenvalue weighted by Gasteiger charge is 2.23. The van der Waals surface area contributed by atoms with Gasteiger partial charge in [-0.05, 0) is 38.8 Å². The van der Waals surface area contributed by atoms with Gasteiger partial charge >= 0.3 is 5.69 Å². The molecule has 1 fully saturated rings. The lowest BCUT2D eigenvalue weighted by atomic mass is 10.1. The molecule has 9 heteroatoms. The number of rotatable bonds is 7. The lowest BCUT2D eigenvalue weighted by Gasteiger charge is -2.15. The number of hydrogen-bond acceptors (Lipinski definition) is 6. The first-order chi connectivity index (χ1) is 13.0. The van der Waals surface area contributed by atoms with Crippen molar-refractivity contribution in [1.82, 2.24) is 14.8 Å². The maximum absolute atomic E-state index is 12.6. The largest absolute Gasteiger partial charge is 0.376 e. The van der Waals surface area contributed by atoms with Gasteiger partial charge in [-0.1, -0.05) is 23.9 Å². The number of aromatic amines is 1. The van der Waals surface area contributed by atoms with Crippen LogP contribution in [0.1, 0.15) is 37.0 Å². The van der Waals surface area contributed by atoms with E-state index < -0.39 is 5.25 Å². The number of anilines is 1. The molecule has 0 unspecified atom stereocenters. The Labute approximate surface area is 160 Å². The van der Waals surface area contributed by atoms with Gasteiger partial charge in [0.2, 0.25) is 5.91 Å². The van der Waals surface area contributed by atoms with Gasteiger partial charge in [-0.15, -0.1) is 5.10 Å². The number of ether oxygens (including phenoxy) is 1. The lowest BCUT2D eigenvalue weighted by Crippen LogP contribution is -2.27. The van der Waals surface area contributed by atoms with Gasteiger partial charge in [0, 0.05) is 12.2 Å². The van der Waals surface area contributed by atoms with Gasteiger partial charge in [-0.2, -0.15) is 0 Å². The molecule has 0 bridgehead atoms. The van der Waals surface area contributed by atoms with E-state index in [4.69, 9.17) is 4.74 Å². The molecule has 27 heavy (non-hydrogen) atoms. The zero-order valence-corrected chi connectivity index (χ0v) is 16.0. The highest BCUT2D eigenvalue weighted by atomic mass is 32.2. The summed E-state index contributed by atoms with van der Waals surface area (Å²) < 4.78 is 7.09. The number of thioether (sulfide) groups is 1. The van der Waals surface area contributed by atoms with Gasteiger partial charge in [-0.3, -0.25) is 14.2 Å². The van der Waals surface area contributed by atoms with E-state index in [1.165, 1.54) is 23.3 Å². The fraction of sp³-hybridized carbons (Fsp3) is 0.444. The molecule has 1 aromatic heterocycles. The third-order valence-electron chi connectivity index (χ3n) is 4.35. The molecule has 3 rings (SSSR count). The molecule has 2 heterocycles. The molecule has 2 aromatic rings. The maximum Gasteiger partial charge on any atom is 0.344 e. The molecule has 1 aliphatic rings. The highest BCUT2D eigenvalue weighted by molar-refractivity contribution is 8.00. The number of para-hydroxylation sites is 1. The average Bonchev–Trinajstić information content (AvgIpc) is 3.27. The van der Waals surface area contributed by atoms with Gasteiger partial charge in [-0.25, -0.2) is 9.89 Å². The Bertz CT molecular complexity index is 885. The first kappa shape index (κ1) is 19.4. The molecule has 1 saturated heterocycles. The monoisotopic (exact) mass is 390 g/mol. The van der Waals surface area contributed by atoms with Gasteiger partial charge in [0.1, 0.15) is 0 Å².